The zero-order chi connectivity index (χ0) is 13.1. The molecule has 1 saturated heterocycles. The van der Waals surface area contributed by atoms with E-state index in [-0.39, 0.29) is 31.4 Å². The Morgan fingerprint density at radius 2 is 2.00 bits per heavy atom. The van der Waals surface area contributed by atoms with Gasteiger partial charge in [-0.15, -0.1) is 0 Å². The number of hydrogen-bond acceptors (Lipinski definition) is 4. The minimum absolute atomic E-state index is 0.202. The van der Waals surface area contributed by atoms with Crippen LogP contribution in [0.25, 0.3) is 0 Å². The minimum atomic E-state index is -0.207. The Morgan fingerprint density at radius 3 is 2.61 bits per heavy atom. The molecular weight excluding hydrogens is 300 g/mol. The van der Waals surface area contributed by atoms with E-state index in [4.69, 9.17) is 4.74 Å². The van der Waals surface area contributed by atoms with Gasteiger partial charge in [0.1, 0.15) is 5.75 Å². The molecule has 0 saturated carbocycles. The van der Waals surface area contributed by atoms with Crippen LogP contribution in [0.4, 0.5) is 0 Å². The number of methoxy groups -OCH3 is 1. The molecule has 1 heterocycles. The summed E-state index contributed by atoms with van der Waals surface area (Å²) in [7, 11) is 1.58. The molecule has 6 heteroatoms. The van der Waals surface area contributed by atoms with Gasteiger partial charge in [0.05, 0.1) is 26.7 Å². The number of amides is 2. The van der Waals surface area contributed by atoms with Gasteiger partial charge < -0.3 is 4.74 Å². The van der Waals surface area contributed by atoms with Gasteiger partial charge in [0.15, 0.2) is 0 Å². The Balaban J connectivity index is 2.22. The van der Waals surface area contributed by atoms with Crippen LogP contribution in [0, 0.1) is 0 Å². The number of ether oxygens (including phenoxy) is 1. The van der Waals surface area contributed by atoms with Crippen LogP contribution in [0.3, 0.4) is 0 Å². The first-order valence-electron chi connectivity index (χ1n) is 5.48. The second-order valence-electron chi connectivity index (χ2n) is 3.93. The second kappa shape index (κ2) is 5.49. The summed E-state index contributed by atoms with van der Waals surface area (Å²) < 4.78 is 5.98. The Bertz CT molecular complexity index is 474. The fraction of sp³-hybridized carbons (Fsp3) is 0.333. The van der Waals surface area contributed by atoms with Gasteiger partial charge in [-0.25, -0.2) is 0 Å². The minimum Gasteiger partial charge on any atom is -0.497 e. The lowest BCUT2D eigenvalue weighted by Gasteiger charge is -2.26. The van der Waals surface area contributed by atoms with E-state index in [1.165, 1.54) is 4.90 Å². The predicted molar refractivity (Wildman–Crippen MR) is 69.1 cm³/mol. The Morgan fingerprint density at radius 1 is 1.33 bits per heavy atom. The molecule has 0 aromatic heterocycles. The van der Waals surface area contributed by atoms with Gasteiger partial charge in [-0.2, -0.15) is 0 Å². The lowest BCUT2D eigenvalue weighted by atomic mass is 10.2. The van der Waals surface area contributed by atoms with Gasteiger partial charge in [0.25, 0.3) is 0 Å². The molecular formula is C12H13BrN2O3. The second-order valence-corrected chi connectivity index (χ2v) is 4.79. The first kappa shape index (κ1) is 13.0. The molecule has 18 heavy (non-hydrogen) atoms. The number of nitrogens with zero attached hydrogens (tertiary/aromatic N) is 1. The standard InChI is InChI=1S/C12H13BrN2O3/c1-18-9-2-3-10(13)8(4-9)7-15-11(16)5-14-6-12(15)17/h2-4,14H,5-7H2,1H3. The molecule has 0 atom stereocenters. The summed E-state index contributed by atoms with van der Waals surface area (Å²) in [6, 6.07) is 5.47. The van der Waals surface area contributed by atoms with Crippen LogP contribution >= 0.6 is 15.9 Å². The number of imide groups is 1. The van der Waals surface area contributed by atoms with E-state index in [0.29, 0.717) is 5.75 Å². The number of carbonyl (C=O) groups excluding carboxylic acids is 2. The van der Waals surface area contributed by atoms with E-state index in [2.05, 4.69) is 21.2 Å². The number of carbonyl (C=O) groups is 2. The lowest BCUT2D eigenvalue weighted by Crippen LogP contribution is -2.51. The quantitative estimate of drug-likeness (QED) is 0.843. The van der Waals surface area contributed by atoms with E-state index in [0.717, 1.165) is 10.0 Å². The first-order chi connectivity index (χ1) is 8.61. The lowest BCUT2D eigenvalue weighted by molar-refractivity contribution is -0.147. The third-order valence-corrected chi connectivity index (χ3v) is 3.51. The normalized spacial score (nSPS) is 16.0. The maximum Gasteiger partial charge on any atom is 0.243 e. The van der Waals surface area contributed by atoms with Crippen molar-refractivity contribution >= 4 is 27.7 Å². The molecule has 5 nitrogen and oxygen atoms in total. The Labute approximate surface area is 113 Å². The van der Waals surface area contributed by atoms with Crippen LogP contribution in [-0.4, -0.2) is 36.9 Å². The van der Waals surface area contributed by atoms with Crippen LogP contribution in [0.2, 0.25) is 0 Å². The molecule has 0 unspecified atom stereocenters. The van der Waals surface area contributed by atoms with Crippen molar-refractivity contribution in [2.24, 2.45) is 0 Å². The molecule has 1 aromatic rings. The van der Waals surface area contributed by atoms with Crippen LogP contribution in [0.15, 0.2) is 22.7 Å². The molecule has 1 fully saturated rings. The van der Waals surface area contributed by atoms with Crippen molar-refractivity contribution in [3.05, 3.63) is 28.2 Å². The van der Waals surface area contributed by atoms with E-state index in [1.54, 1.807) is 7.11 Å². The zero-order valence-corrected chi connectivity index (χ0v) is 11.5. The molecule has 0 spiro atoms. The highest BCUT2D eigenvalue weighted by Gasteiger charge is 2.26. The topological polar surface area (TPSA) is 58.6 Å². The van der Waals surface area contributed by atoms with Crippen LogP contribution in [0.5, 0.6) is 5.75 Å². The van der Waals surface area contributed by atoms with E-state index in [1.807, 2.05) is 18.2 Å². The SMILES string of the molecule is COc1ccc(Br)c(CN2C(=O)CNCC2=O)c1. The highest BCUT2D eigenvalue weighted by Crippen LogP contribution is 2.24. The van der Waals surface area contributed by atoms with Crippen molar-refractivity contribution in [3.63, 3.8) is 0 Å². The highest BCUT2D eigenvalue weighted by molar-refractivity contribution is 9.10. The third-order valence-electron chi connectivity index (χ3n) is 2.74. The largest absolute Gasteiger partial charge is 0.497 e. The fourth-order valence-corrected chi connectivity index (χ4v) is 2.12. The molecule has 1 N–H and O–H groups in total. The van der Waals surface area contributed by atoms with Crippen LogP contribution in [-0.2, 0) is 16.1 Å². The van der Waals surface area contributed by atoms with Crippen molar-refractivity contribution in [2.45, 2.75) is 6.54 Å². The number of benzene rings is 1. The maximum absolute atomic E-state index is 11.7. The monoisotopic (exact) mass is 312 g/mol. The Hall–Kier alpha value is -1.40. The van der Waals surface area contributed by atoms with Crippen molar-refractivity contribution in [3.8, 4) is 5.75 Å². The van der Waals surface area contributed by atoms with Crippen molar-refractivity contribution in [1.29, 1.82) is 0 Å². The average molecular weight is 313 g/mol. The highest BCUT2D eigenvalue weighted by atomic mass is 79.9. The number of rotatable bonds is 3. The third kappa shape index (κ3) is 2.70. The summed E-state index contributed by atoms with van der Waals surface area (Å²) in [5, 5.41) is 2.76. The van der Waals surface area contributed by atoms with Crippen molar-refractivity contribution in [1.82, 2.24) is 10.2 Å². The summed E-state index contributed by atoms with van der Waals surface area (Å²) in [5.74, 6) is 0.283. The van der Waals surface area contributed by atoms with E-state index < -0.39 is 0 Å². The summed E-state index contributed by atoms with van der Waals surface area (Å²) in [6.07, 6.45) is 0. The average Bonchev–Trinajstić information content (AvgIpc) is 2.36. The zero-order valence-electron chi connectivity index (χ0n) is 9.90. The molecule has 2 amide bonds. The number of hydrogen-bond donors (Lipinski definition) is 1. The molecule has 0 aliphatic carbocycles. The van der Waals surface area contributed by atoms with Crippen molar-refractivity contribution in [2.75, 3.05) is 20.2 Å². The van der Waals surface area contributed by atoms with Crippen LogP contribution in [0.1, 0.15) is 5.56 Å². The van der Waals surface area contributed by atoms with Crippen molar-refractivity contribution < 1.29 is 14.3 Å². The van der Waals surface area contributed by atoms with Gasteiger partial charge in [-0.05, 0) is 23.8 Å². The number of halogens is 1. The van der Waals surface area contributed by atoms with Gasteiger partial charge in [-0.3, -0.25) is 19.8 Å². The molecule has 96 valence electrons. The summed E-state index contributed by atoms with van der Waals surface area (Å²) in [6.45, 7) is 0.664. The smallest absolute Gasteiger partial charge is 0.243 e. The summed E-state index contributed by atoms with van der Waals surface area (Å²) >= 11 is 3.41. The van der Waals surface area contributed by atoms with Gasteiger partial charge in [-0.1, -0.05) is 15.9 Å². The molecule has 1 aliphatic heterocycles. The molecule has 2 rings (SSSR count). The maximum atomic E-state index is 11.7. The first-order valence-corrected chi connectivity index (χ1v) is 6.27. The summed E-state index contributed by atoms with van der Waals surface area (Å²) in [4.78, 5) is 24.6. The molecule has 1 aliphatic rings. The Kier molecular flexibility index (Phi) is 3.98. The number of nitrogens with one attached hydrogen (secondary N) is 1. The number of piperazine rings is 1. The molecule has 0 radical (unpaired) electrons. The van der Waals surface area contributed by atoms with E-state index >= 15 is 0 Å². The van der Waals surface area contributed by atoms with Crippen LogP contribution < -0.4 is 10.1 Å². The molecule has 1 aromatic carbocycles. The fourth-order valence-electron chi connectivity index (χ4n) is 1.75. The van der Waals surface area contributed by atoms with Gasteiger partial charge in [0.2, 0.25) is 11.8 Å². The van der Waals surface area contributed by atoms with E-state index in [9.17, 15) is 9.59 Å². The molecule has 0 bridgehead atoms. The van der Waals surface area contributed by atoms with Gasteiger partial charge >= 0.3 is 0 Å². The predicted octanol–water partition coefficient (Wildman–Crippen LogP) is 0.916. The summed E-state index contributed by atoms with van der Waals surface area (Å²) in [5.41, 5.74) is 0.845. The van der Waals surface area contributed by atoms with Gasteiger partial charge in [0, 0.05) is 4.47 Å².